The summed E-state index contributed by atoms with van der Waals surface area (Å²) in [7, 11) is 0. The lowest BCUT2D eigenvalue weighted by Gasteiger charge is -2.37. The average Bonchev–Trinajstić information content (AvgIpc) is 3.05. The van der Waals surface area contributed by atoms with Crippen molar-refractivity contribution < 1.29 is 14.6 Å². The van der Waals surface area contributed by atoms with Gasteiger partial charge in [-0.3, -0.25) is 4.79 Å². The largest absolute Gasteiger partial charge is 0.387 e. The molecule has 7 heteroatoms. The number of aliphatic hydroxyl groups excluding tert-OH is 1. The van der Waals surface area contributed by atoms with Gasteiger partial charge in [0.1, 0.15) is 0 Å². The van der Waals surface area contributed by atoms with Crippen molar-refractivity contribution in [2.24, 2.45) is 11.3 Å². The van der Waals surface area contributed by atoms with E-state index < -0.39 is 6.10 Å². The third-order valence-electron chi connectivity index (χ3n) is 5.96. The fourth-order valence-corrected chi connectivity index (χ4v) is 5.09. The van der Waals surface area contributed by atoms with Crippen molar-refractivity contribution in [3.8, 4) is 0 Å². The molecule has 5 nitrogen and oxygen atoms in total. The number of rotatable bonds is 4. The Hall–Kier alpha value is -0.660. The molecule has 1 aromatic heterocycles. The third kappa shape index (κ3) is 3.88. The van der Waals surface area contributed by atoms with Crippen LogP contribution in [-0.4, -0.2) is 54.8 Å². The number of amides is 1. The van der Waals surface area contributed by atoms with Gasteiger partial charge in [-0.1, -0.05) is 6.07 Å². The van der Waals surface area contributed by atoms with E-state index in [4.69, 9.17) is 4.74 Å². The van der Waals surface area contributed by atoms with Gasteiger partial charge in [-0.05, 0) is 49.2 Å². The van der Waals surface area contributed by atoms with E-state index in [0.717, 1.165) is 37.2 Å². The predicted octanol–water partition coefficient (Wildman–Crippen LogP) is 2.21. The molecule has 0 radical (unpaired) electrons. The molecular formula is C18H27ClN2O3S. The Bertz CT molecular complexity index is 577. The quantitative estimate of drug-likeness (QED) is 0.832. The van der Waals surface area contributed by atoms with E-state index in [-0.39, 0.29) is 29.8 Å². The first kappa shape index (κ1) is 19.1. The lowest BCUT2D eigenvalue weighted by atomic mass is 9.91. The molecule has 1 spiro atoms. The van der Waals surface area contributed by atoms with Gasteiger partial charge in [-0.15, -0.1) is 23.7 Å². The van der Waals surface area contributed by atoms with E-state index in [1.165, 1.54) is 0 Å². The van der Waals surface area contributed by atoms with Gasteiger partial charge in [0.2, 0.25) is 5.91 Å². The second-order valence-corrected chi connectivity index (χ2v) is 8.38. The summed E-state index contributed by atoms with van der Waals surface area (Å²) in [5.41, 5.74) is 0.261. The number of morpholine rings is 1. The normalized spacial score (nSPS) is 29.1. The third-order valence-corrected chi connectivity index (χ3v) is 6.94. The highest BCUT2D eigenvalue weighted by atomic mass is 35.5. The van der Waals surface area contributed by atoms with E-state index in [1.807, 2.05) is 22.4 Å². The molecule has 3 fully saturated rings. The van der Waals surface area contributed by atoms with Gasteiger partial charge in [0.05, 0.1) is 25.4 Å². The summed E-state index contributed by atoms with van der Waals surface area (Å²) >= 11 is 1.56. The fourth-order valence-electron chi connectivity index (χ4n) is 4.37. The van der Waals surface area contributed by atoms with E-state index in [9.17, 15) is 9.90 Å². The van der Waals surface area contributed by atoms with Gasteiger partial charge in [0.25, 0.3) is 0 Å². The van der Waals surface area contributed by atoms with E-state index in [1.54, 1.807) is 11.3 Å². The maximum absolute atomic E-state index is 13.1. The van der Waals surface area contributed by atoms with Crippen LogP contribution in [0.4, 0.5) is 0 Å². The zero-order valence-electron chi connectivity index (χ0n) is 14.4. The van der Waals surface area contributed by atoms with Crippen LogP contribution in [-0.2, 0) is 9.53 Å². The minimum Gasteiger partial charge on any atom is -0.387 e. The SMILES string of the molecule is Cl.O=C(C1CC12CCNCC2)N1CCOCC1CC(O)c1cccs1. The number of thiophene rings is 1. The molecule has 3 aliphatic rings. The summed E-state index contributed by atoms with van der Waals surface area (Å²) in [6.07, 6.45) is 3.34. The summed E-state index contributed by atoms with van der Waals surface area (Å²) < 4.78 is 5.61. The first-order valence-electron chi connectivity index (χ1n) is 9.00. The van der Waals surface area contributed by atoms with Crippen LogP contribution in [0.3, 0.4) is 0 Å². The molecule has 3 heterocycles. The number of aliphatic hydroxyl groups is 1. The summed E-state index contributed by atoms with van der Waals surface area (Å²) in [6, 6.07) is 3.90. The lowest BCUT2D eigenvalue weighted by Crippen LogP contribution is -2.50. The van der Waals surface area contributed by atoms with E-state index in [0.29, 0.717) is 32.1 Å². The predicted molar refractivity (Wildman–Crippen MR) is 100 cm³/mol. The van der Waals surface area contributed by atoms with Gasteiger partial charge in [-0.2, -0.15) is 0 Å². The van der Waals surface area contributed by atoms with Crippen LogP contribution in [0.2, 0.25) is 0 Å². The van der Waals surface area contributed by atoms with Gasteiger partial charge in [0.15, 0.2) is 0 Å². The zero-order valence-corrected chi connectivity index (χ0v) is 16.0. The Kier molecular flexibility index (Phi) is 6.06. The summed E-state index contributed by atoms with van der Waals surface area (Å²) in [5, 5.41) is 15.8. The Morgan fingerprint density at radius 3 is 3.00 bits per heavy atom. The van der Waals surface area contributed by atoms with Gasteiger partial charge >= 0.3 is 0 Å². The number of piperidine rings is 1. The molecule has 1 aliphatic carbocycles. The van der Waals surface area contributed by atoms with Crippen LogP contribution in [0.5, 0.6) is 0 Å². The molecule has 1 saturated carbocycles. The van der Waals surface area contributed by atoms with Crippen LogP contribution in [0, 0.1) is 11.3 Å². The molecule has 2 saturated heterocycles. The minimum absolute atomic E-state index is 0. The number of carbonyl (C=O) groups is 1. The number of hydrogen-bond acceptors (Lipinski definition) is 5. The molecule has 140 valence electrons. The highest BCUT2D eigenvalue weighted by molar-refractivity contribution is 7.10. The van der Waals surface area contributed by atoms with Crippen LogP contribution >= 0.6 is 23.7 Å². The van der Waals surface area contributed by atoms with Crippen molar-refractivity contribution in [3.63, 3.8) is 0 Å². The minimum atomic E-state index is -0.515. The number of carbonyl (C=O) groups excluding carboxylic acids is 1. The smallest absolute Gasteiger partial charge is 0.226 e. The maximum atomic E-state index is 13.1. The summed E-state index contributed by atoms with van der Waals surface area (Å²) in [4.78, 5) is 16.1. The van der Waals surface area contributed by atoms with Crippen molar-refractivity contribution in [1.82, 2.24) is 10.2 Å². The summed E-state index contributed by atoms with van der Waals surface area (Å²) in [5.74, 6) is 0.489. The highest BCUT2D eigenvalue weighted by Gasteiger charge is 2.59. The Morgan fingerprint density at radius 2 is 2.28 bits per heavy atom. The Labute approximate surface area is 159 Å². The second-order valence-electron chi connectivity index (χ2n) is 7.40. The molecule has 0 aromatic carbocycles. The number of halogens is 1. The van der Waals surface area contributed by atoms with Crippen molar-refractivity contribution in [2.45, 2.75) is 37.8 Å². The maximum Gasteiger partial charge on any atom is 0.226 e. The zero-order chi connectivity index (χ0) is 16.6. The molecule has 1 aromatic rings. The number of hydrogen-bond donors (Lipinski definition) is 2. The lowest BCUT2D eigenvalue weighted by molar-refractivity contribution is -0.143. The Balaban J connectivity index is 0.00000182. The van der Waals surface area contributed by atoms with E-state index >= 15 is 0 Å². The first-order chi connectivity index (χ1) is 11.7. The average molecular weight is 387 g/mol. The number of nitrogens with one attached hydrogen (secondary N) is 1. The molecule has 25 heavy (non-hydrogen) atoms. The highest BCUT2D eigenvalue weighted by Crippen LogP contribution is 2.59. The van der Waals surface area contributed by atoms with Gasteiger partial charge in [0, 0.05) is 23.8 Å². The topological polar surface area (TPSA) is 61.8 Å². The van der Waals surface area contributed by atoms with E-state index in [2.05, 4.69) is 5.32 Å². The number of ether oxygens (including phenoxy) is 1. The number of nitrogens with zero attached hydrogens (tertiary/aromatic N) is 1. The van der Waals surface area contributed by atoms with Crippen molar-refractivity contribution in [3.05, 3.63) is 22.4 Å². The van der Waals surface area contributed by atoms with Gasteiger partial charge in [-0.25, -0.2) is 0 Å². The monoisotopic (exact) mass is 386 g/mol. The van der Waals surface area contributed by atoms with Crippen molar-refractivity contribution >= 4 is 29.7 Å². The van der Waals surface area contributed by atoms with Crippen molar-refractivity contribution in [1.29, 1.82) is 0 Å². The molecule has 1 amide bonds. The van der Waals surface area contributed by atoms with Crippen LogP contribution in [0.15, 0.2) is 17.5 Å². The Morgan fingerprint density at radius 1 is 1.48 bits per heavy atom. The standard InChI is InChI=1S/C18H26N2O3S.ClH/c21-15(16-2-1-9-24-16)10-13-12-23-8-7-20(13)17(22)14-11-18(14)3-5-19-6-4-18;/h1-2,9,13-15,19,21H,3-8,10-12H2;1H. The van der Waals surface area contributed by atoms with Crippen molar-refractivity contribution in [2.75, 3.05) is 32.8 Å². The first-order valence-corrected chi connectivity index (χ1v) is 9.88. The summed E-state index contributed by atoms with van der Waals surface area (Å²) in [6.45, 7) is 3.88. The molecule has 2 N–H and O–H groups in total. The molecule has 3 atom stereocenters. The van der Waals surface area contributed by atoms with Crippen LogP contribution in [0.1, 0.15) is 36.7 Å². The molecule has 2 aliphatic heterocycles. The second kappa shape index (κ2) is 7.92. The molecule has 4 rings (SSSR count). The van der Waals surface area contributed by atoms with Gasteiger partial charge < -0.3 is 20.1 Å². The molecule has 3 unspecified atom stereocenters. The molecule has 0 bridgehead atoms. The fraction of sp³-hybridized carbons (Fsp3) is 0.722. The van der Waals surface area contributed by atoms with Crippen LogP contribution in [0.25, 0.3) is 0 Å². The molecular weight excluding hydrogens is 360 g/mol. The van der Waals surface area contributed by atoms with Crippen LogP contribution < -0.4 is 5.32 Å².